The van der Waals surface area contributed by atoms with Crippen LogP contribution in [0.2, 0.25) is 0 Å². The molecule has 43 heavy (non-hydrogen) atoms. The van der Waals surface area contributed by atoms with Crippen LogP contribution in [-0.4, -0.2) is 69.5 Å². The standard InChI is InChI=1S/C34H37N3O5S/c1-2-41-25-26-42-32-16-10-9-15-31(32)34(38)35-29-17-19-30(20-18-29)43(39,40)37-23-21-36(22-24-37)33(27-11-5-3-6-12-27)28-13-7-4-8-14-28/h3-20,33H,2,21-26H2,1H3,(H,35,38). The minimum absolute atomic E-state index is 0.0513. The van der Waals surface area contributed by atoms with Crippen LogP contribution in [0, 0.1) is 0 Å². The van der Waals surface area contributed by atoms with Gasteiger partial charge in [0.25, 0.3) is 5.91 Å². The van der Waals surface area contributed by atoms with Gasteiger partial charge in [0.05, 0.1) is 23.1 Å². The topological polar surface area (TPSA) is 88.2 Å². The Morgan fingerprint density at radius 1 is 0.767 bits per heavy atom. The molecule has 4 aromatic rings. The number of nitrogens with one attached hydrogen (secondary N) is 1. The van der Waals surface area contributed by atoms with Crippen LogP contribution in [-0.2, 0) is 14.8 Å². The minimum atomic E-state index is -3.70. The smallest absolute Gasteiger partial charge is 0.259 e. The number of hydrogen-bond donors (Lipinski definition) is 1. The minimum Gasteiger partial charge on any atom is -0.490 e. The summed E-state index contributed by atoms with van der Waals surface area (Å²) in [7, 11) is -3.70. The Morgan fingerprint density at radius 3 is 1.95 bits per heavy atom. The van der Waals surface area contributed by atoms with Crippen molar-refractivity contribution in [3.05, 3.63) is 126 Å². The number of piperazine rings is 1. The largest absolute Gasteiger partial charge is 0.490 e. The van der Waals surface area contributed by atoms with Crippen LogP contribution in [0.15, 0.2) is 114 Å². The van der Waals surface area contributed by atoms with E-state index < -0.39 is 10.0 Å². The molecule has 5 rings (SSSR count). The van der Waals surface area contributed by atoms with E-state index in [9.17, 15) is 13.2 Å². The van der Waals surface area contributed by atoms with Gasteiger partial charge in [-0.2, -0.15) is 4.31 Å². The normalized spacial score (nSPS) is 14.5. The quantitative estimate of drug-likeness (QED) is 0.218. The maximum Gasteiger partial charge on any atom is 0.259 e. The zero-order valence-electron chi connectivity index (χ0n) is 24.3. The van der Waals surface area contributed by atoms with Gasteiger partial charge in [0.15, 0.2) is 0 Å². The molecule has 1 N–H and O–H groups in total. The van der Waals surface area contributed by atoms with Gasteiger partial charge in [-0.3, -0.25) is 9.69 Å². The molecule has 8 nitrogen and oxygen atoms in total. The molecule has 0 radical (unpaired) electrons. The van der Waals surface area contributed by atoms with Gasteiger partial charge in [-0.25, -0.2) is 8.42 Å². The number of rotatable bonds is 12. The first kappa shape index (κ1) is 30.4. The number of para-hydroxylation sites is 1. The molecule has 9 heteroatoms. The summed E-state index contributed by atoms with van der Waals surface area (Å²) in [5, 5.41) is 2.84. The van der Waals surface area contributed by atoms with Crippen molar-refractivity contribution in [3.63, 3.8) is 0 Å². The molecule has 0 unspecified atom stereocenters. The van der Waals surface area contributed by atoms with Crippen LogP contribution in [0.25, 0.3) is 0 Å². The Kier molecular flexibility index (Phi) is 10.2. The van der Waals surface area contributed by atoms with Gasteiger partial charge in [0, 0.05) is 38.5 Å². The summed E-state index contributed by atoms with van der Waals surface area (Å²) in [6, 6.07) is 34.0. The summed E-state index contributed by atoms with van der Waals surface area (Å²) in [4.78, 5) is 15.5. The number of sulfonamides is 1. The maximum atomic E-state index is 13.5. The molecular weight excluding hydrogens is 562 g/mol. The third-order valence-electron chi connectivity index (χ3n) is 7.44. The van der Waals surface area contributed by atoms with Crippen molar-refractivity contribution in [3.8, 4) is 5.75 Å². The molecule has 1 aliphatic heterocycles. The molecule has 1 saturated heterocycles. The zero-order valence-corrected chi connectivity index (χ0v) is 25.1. The molecule has 1 fully saturated rings. The van der Waals surface area contributed by atoms with Crippen molar-refractivity contribution in [1.82, 2.24) is 9.21 Å². The van der Waals surface area contributed by atoms with E-state index in [0.29, 0.717) is 63.0 Å². The zero-order chi connectivity index (χ0) is 30.1. The number of ether oxygens (including phenoxy) is 2. The lowest BCUT2D eigenvalue weighted by atomic mass is 9.96. The SMILES string of the molecule is CCOCCOc1ccccc1C(=O)Nc1ccc(S(=O)(=O)N2CCN(C(c3ccccc3)c3ccccc3)CC2)cc1. The highest BCUT2D eigenvalue weighted by molar-refractivity contribution is 7.89. The van der Waals surface area contributed by atoms with Crippen LogP contribution in [0.5, 0.6) is 5.75 Å². The molecule has 0 aliphatic carbocycles. The lowest BCUT2D eigenvalue weighted by molar-refractivity contribution is 0.0998. The Labute approximate surface area is 253 Å². The van der Waals surface area contributed by atoms with Crippen LogP contribution in [0.4, 0.5) is 5.69 Å². The Balaban J connectivity index is 1.22. The third-order valence-corrected chi connectivity index (χ3v) is 9.35. The number of anilines is 1. The van der Waals surface area contributed by atoms with E-state index in [1.54, 1.807) is 52.8 Å². The highest BCUT2D eigenvalue weighted by atomic mass is 32.2. The van der Waals surface area contributed by atoms with Gasteiger partial charge in [-0.1, -0.05) is 72.8 Å². The van der Waals surface area contributed by atoms with E-state index in [2.05, 4.69) is 34.5 Å². The van der Waals surface area contributed by atoms with Crippen molar-refractivity contribution in [1.29, 1.82) is 0 Å². The average Bonchev–Trinajstić information content (AvgIpc) is 3.05. The van der Waals surface area contributed by atoms with Crippen molar-refractivity contribution in [2.75, 3.05) is 51.3 Å². The Bertz CT molecular complexity index is 1530. The van der Waals surface area contributed by atoms with E-state index in [1.165, 1.54) is 11.1 Å². The fourth-order valence-electron chi connectivity index (χ4n) is 5.28. The number of carbonyl (C=O) groups excluding carboxylic acids is 1. The van der Waals surface area contributed by atoms with E-state index in [-0.39, 0.29) is 16.8 Å². The molecule has 1 heterocycles. The highest BCUT2D eigenvalue weighted by Gasteiger charge is 2.32. The fraction of sp³-hybridized carbons (Fsp3) is 0.265. The van der Waals surface area contributed by atoms with E-state index in [1.807, 2.05) is 43.3 Å². The Hall–Kier alpha value is -4.02. The summed E-state index contributed by atoms with van der Waals surface area (Å²) in [6.07, 6.45) is 0. The first-order valence-electron chi connectivity index (χ1n) is 14.5. The first-order valence-corrected chi connectivity index (χ1v) is 16.0. The van der Waals surface area contributed by atoms with Crippen LogP contribution >= 0.6 is 0 Å². The first-order chi connectivity index (χ1) is 21.0. The van der Waals surface area contributed by atoms with Gasteiger partial charge in [-0.05, 0) is 54.4 Å². The Morgan fingerprint density at radius 2 is 1.35 bits per heavy atom. The lowest BCUT2D eigenvalue weighted by Gasteiger charge is -2.39. The summed E-state index contributed by atoms with van der Waals surface area (Å²) >= 11 is 0. The molecule has 0 atom stereocenters. The molecule has 224 valence electrons. The fourth-order valence-corrected chi connectivity index (χ4v) is 6.70. The van der Waals surface area contributed by atoms with E-state index in [4.69, 9.17) is 9.47 Å². The highest BCUT2D eigenvalue weighted by Crippen LogP contribution is 2.30. The van der Waals surface area contributed by atoms with Crippen molar-refractivity contribution in [2.45, 2.75) is 17.9 Å². The third kappa shape index (κ3) is 7.50. The predicted octanol–water partition coefficient (Wildman–Crippen LogP) is 5.45. The van der Waals surface area contributed by atoms with Gasteiger partial charge in [0.2, 0.25) is 10.0 Å². The van der Waals surface area contributed by atoms with Gasteiger partial charge in [-0.15, -0.1) is 0 Å². The van der Waals surface area contributed by atoms with Gasteiger partial charge >= 0.3 is 0 Å². The van der Waals surface area contributed by atoms with Crippen LogP contribution < -0.4 is 10.1 Å². The second-order valence-electron chi connectivity index (χ2n) is 10.2. The van der Waals surface area contributed by atoms with E-state index >= 15 is 0 Å². The predicted molar refractivity (Wildman–Crippen MR) is 168 cm³/mol. The monoisotopic (exact) mass is 599 g/mol. The number of hydrogen-bond acceptors (Lipinski definition) is 6. The molecule has 0 saturated carbocycles. The molecule has 0 spiro atoms. The number of carbonyl (C=O) groups is 1. The average molecular weight is 600 g/mol. The number of benzene rings is 4. The van der Waals surface area contributed by atoms with Crippen LogP contribution in [0.3, 0.4) is 0 Å². The molecule has 1 amide bonds. The molecule has 4 aromatic carbocycles. The second kappa shape index (κ2) is 14.4. The van der Waals surface area contributed by atoms with Crippen molar-refractivity contribution < 1.29 is 22.7 Å². The van der Waals surface area contributed by atoms with Crippen LogP contribution in [0.1, 0.15) is 34.5 Å². The summed E-state index contributed by atoms with van der Waals surface area (Å²) in [5.74, 6) is 0.116. The molecule has 0 bridgehead atoms. The molecule has 0 aromatic heterocycles. The van der Waals surface area contributed by atoms with Gasteiger partial charge in [0.1, 0.15) is 12.4 Å². The second-order valence-corrected chi connectivity index (χ2v) is 12.1. The number of nitrogens with zero attached hydrogens (tertiary/aromatic N) is 2. The summed E-state index contributed by atoms with van der Waals surface area (Å²) < 4.78 is 39.7. The van der Waals surface area contributed by atoms with Crippen molar-refractivity contribution in [2.24, 2.45) is 0 Å². The summed E-state index contributed by atoms with van der Waals surface area (Å²) in [5.41, 5.74) is 3.24. The van der Waals surface area contributed by atoms with Crippen molar-refractivity contribution >= 4 is 21.6 Å². The summed E-state index contributed by atoms with van der Waals surface area (Å²) in [6.45, 7) is 5.24. The van der Waals surface area contributed by atoms with E-state index in [0.717, 1.165) is 0 Å². The maximum absolute atomic E-state index is 13.5. The molecular formula is C34H37N3O5S. The molecule has 1 aliphatic rings. The lowest BCUT2D eigenvalue weighted by Crippen LogP contribution is -2.49. The number of amides is 1. The van der Waals surface area contributed by atoms with Gasteiger partial charge < -0.3 is 14.8 Å².